The molecule has 0 bridgehead atoms. The van der Waals surface area contributed by atoms with Crippen LogP contribution in [0, 0.1) is 0 Å². The van der Waals surface area contributed by atoms with E-state index in [1.54, 1.807) is 0 Å². The van der Waals surface area contributed by atoms with Crippen molar-refractivity contribution in [2.24, 2.45) is 0 Å². The van der Waals surface area contributed by atoms with Crippen LogP contribution in [0.15, 0.2) is 12.1 Å². The van der Waals surface area contributed by atoms with Crippen LogP contribution in [0.2, 0.25) is 10.3 Å². The first-order chi connectivity index (χ1) is 6.11. The Labute approximate surface area is 90.0 Å². The Bertz CT molecular complexity index is 309. The summed E-state index contributed by atoms with van der Waals surface area (Å²) in [4.78, 5) is 14.6. The smallest absolute Gasteiger partial charge is 0.239 e. The van der Waals surface area contributed by atoms with Gasteiger partial charge in [0.05, 0.1) is 0 Å². The quantitative estimate of drug-likeness (QED) is 0.637. The van der Waals surface area contributed by atoms with Crippen LogP contribution in [0.1, 0.15) is 0 Å². The molecule has 3 nitrogen and oxygen atoms in total. The average molecular weight is 239 g/mol. The van der Waals surface area contributed by atoms with Crippen LogP contribution in [0.3, 0.4) is 0 Å². The van der Waals surface area contributed by atoms with Crippen molar-refractivity contribution < 1.29 is 4.79 Å². The lowest BCUT2D eigenvalue weighted by molar-refractivity contribution is -0.113. The van der Waals surface area contributed by atoms with E-state index < -0.39 is 0 Å². The van der Waals surface area contributed by atoms with Crippen LogP contribution in [-0.4, -0.2) is 16.8 Å². The first-order valence-electron chi connectivity index (χ1n) is 3.30. The van der Waals surface area contributed by atoms with E-state index in [4.69, 9.17) is 34.8 Å². The predicted molar refractivity (Wildman–Crippen MR) is 53.6 cm³/mol. The lowest BCUT2D eigenvalue weighted by Gasteiger charge is -2.02. The van der Waals surface area contributed by atoms with Gasteiger partial charge in [-0.05, 0) is 12.1 Å². The fourth-order valence-corrected chi connectivity index (χ4v) is 1.26. The molecule has 0 aliphatic rings. The second kappa shape index (κ2) is 4.65. The van der Waals surface area contributed by atoms with Gasteiger partial charge >= 0.3 is 0 Å². The molecular formula is C7H5Cl3N2O. The summed E-state index contributed by atoms with van der Waals surface area (Å²) in [5.41, 5.74) is 0.482. The molecule has 0 aliphatic carbocycles. The summed E-state index contributed by atoms with van der Waals surface area (Å²) in [7, 11) is 0. The molecule has 1 aromatic rings. The Morgan fingerprint density at radius 2 is 1.92 bits per heavy atom. The molecule has 70 valence electrons. The molecule has 6 heteroatoms. The van der Waals surface area contributed by atoms with Crippen molar-refractivity contribution in [3.8, 4) is 0 Å². The Kier molecular flexibility index (Phi) is 3.78. The average Bonchev–Trinajstić information content (AvgIpc) is 2.02. The minimum Gasteiger partial charge on any atom is -0.325 e. The lowest BCUT2D eigenvalue weighted by atomic mass is 10.4. The zero-order valence-corrected chi connectivity index (χ0v) is 8.62. The van der Waals surface area contributed by atoms with Crippen molar-refractivity contribution in [1.82, 2.24) is 4.98 Å². The molecule has 0 aromatic carbocycles. The number of alkyl halides is 1. The zero-order chi connectivity index (χ0) is 9.84. The van der Waals surface area contributed by atoms with Crippen molar-refractivity contribution in [2.75, 3.05) is 11.2 Å². The largest absolute Gasteiger partial charge is 0.325 e. The van der Waals surface area contributed by atoms with Crippen LogP contribution < -0.4 is 5.32 Å². The zero-order valence-electron chi connectivity index (χ0n) is 6.35. The minimum atomic E-state index is -0.319. The standard InChI is InChI=1S/C7H5Cl3N2O/c8-3-7(13)11-4-1-5(9)12-6(10)2-4/h1-2H,3H2,(H,11,12,13). The van der Waals surface area contributed by atoms with Gasteiger partial charge in [0.15, 0.2) is 0 Å². The highest BCUT2D eigenvalue weighted by atomic mass is 35.5. The van der Waals surface area contributed by atoms with Crippen molar-refractivity contribution in [1.29, 1.82) is 0 Å². The van der Waals surface area contributed by atoms with E-state index in [0.717, 1.165) is 0 Å². The number of carbonyl (C=O) groups is 1. The molecule has 13 heavy (non-hydrogen) atoms. The Morgan fingerprint density at radius 3 is 2.38 bits per heavy atom. The van der Waals surface area contributed by atoms with Crippen LogP contribution in [-0.2, 0) is 4.79 Å². The van der Waals surface area contributed by atoms with Crippen molar-refractivity contribution in [3.63, 3.8) is 0 Å². The first-order valence-corrected chi connectivity index (χ1v) is 4.60. The third-order valence-electron chi connectivity index (χ3n) is 1.17. The predicted octanol–water partition coefficient (Wildman–Crippen LogP) is 2.57. The molecule has 1 aromatic heterocycles. The number of hydrogen-bond donors (Lipinski definition) is 1. The van der Waals surface area contributed by atoms with Gasteiger partial charge in [0, 0.05) is 5.69 Å². The summed E-state index contributed by atoms with van der Waals surface area (Å²) in [5.74, 6) is -0.433. The summed E-state index contributed by atoms with van der Waals surface area (Å²) in [6, 6.07) is 2.97. The van der Waals surface area contributed by atoms with Gasteiger partial charge in [0.2, 0.25) is 5.91 Å². The van der Waals surface area contributed by atoms with E-state index >= 15 is 0 Å². The molecule has 0 saturated heterocycles. The number of anilines is 1. The van der Waals surface area contributed by atoms with E-state index in [2.05, 4.69) is 10.3 Å². The van der Waals surface area contributed by atoms with Gasteiger partial charge in [-0.15, -0.1) is 11.6 Å². The van der Waals surface area contributed by atoms with Gasteiger partial charge < -0.3 is 5.32 Å². The number of pyridine rings is 1. The third-order valence-corrected chi connectivity index (χ3v) is 1.80. The number of amides is 1. The number of carbonyl (C=O) groups excluding carboxylic acids is 1. The normalized spacial score (nSPS) is 9.77. The highest BCUT2D eigenvalue weighted by Crippen LogP contribution is 2.18. The van der Waals surface area contributed by atoms with Gasteiger partial charge in [-0.1, -0.05) is 23.2 Å². The van der Waals surface area contributed by atoms with Gasteiger partial charge in [0.25, 0.3) is 0 Å². The van der Waals surface area contributed by atoms with Crippen LogP contribution in [0.25, 0.3) is 0 Å². The Hall–Kier alpha value is -0.510. The summed E-state index contributed by atoms with van der Waals surface area (Å²) in [5, 5.41) is 2.93. The molecule has 0 fully saturated rings. The van der Waals surface area contributed by atoms with Crippen LogP contribution >= 0.6 is 34.8 Å². The van der Waals surface area contributed by atoms with Gasteiger partial charge in [0.1, 0.15) is 16.2 Å². The fourth-order valence-electron chi connectivity index (χ4n) is 0.731. The number of rotatable bonds is 2. The van der Waals surface area contributed by atoms with Gasteiger partial charge in [-0.25, -0.2) is 4.98 Å². The summed E-state index contributed by atoms with van der Waals surface area (Å²) in [6.07, 6.45) is 0. The Balaban J connectivity index is 2.83. The second-order valence-electron chi connectivity index (χ2n) is 2.18. The molecule has 1 amide bonds. The van der Waals surface area contributed by atoms with E-state index in [1.807, 2.05) is 0 Å². The van der Waals surface area contributed by atoms with Crippen molar-refractivity contribution in [2.45, 2.75) is 0 Å². The van der Waals surface area contributed by atoms with Crippen molar-refractivity contribution in [3.05, 3.63) is 22.4 Å². The van der Waals surface area contributed by atoms with Gasteiger partial charge in [-0.2, -0.15) is 0 Å². The Morgan fingerprint density at radius 1 is 1.38 bits per heavy atom. The highest BCUT2D eigenvalue weighted by molar-refractivity contribution is 6.33. The minimum absolute atomic E-state index is 0.114. The molecule has 1 rings (SSSR count). The molecule has 0 aliphatic heterocycles. The van der Waals surface area contributed by atoms with E-state index in [1.165, 1.54) is 12.1 Å². The summed E-state index contributed by atoms with van der Waals surface area (Å²) in [6.45, 7) is 0. The fraction of sp³-hybridized carbons (Fsp3) is 0.143. The van der Waals surface area contributed by atoms with Crippen molar-refractivity contribution >= 4 is 46.4 Å². The van der Waals surface area contributed by atoms with E-state index in [-0.39, 0.29) is 22.1 Å². The first kappa shape index (κ1) is 10.6. The SMILES string of the molecule is O=C(CCl)Nc1cc(Cl)nc(Cl)c1. The maximum absolute atomic E-state index is 10.9. The van der Waals surface area contributed by atoms with Crippen LogP contribution in [0.4, 0.5) is 5.69 Å². The topological polar surface area (TPSA) is 42.0 Å². The molecule has 0 spiro atoms. The molecular weight excluding hydrogens is 234 g/mol. The number of hydrogen-bond acceptors (Lipinski definition) is 2. The van der Waals surface area contributed by atoms with E-state index in [9.17, 15) is 4.79 Å². The third kappa shape index (κ3) is 3.38. The maximum Gasteiger partial charge on any atom is 0.239 e. The molecule has 0 atom stereocenters. The number of nitrogens with zero attached hydrogens (tertiary/aromatic N) is 1. The molecule has 0 saturated carbocycles. The number of aromatic nitrogens is 1. The molecule has 0 unspecified atom stereocenters. The van der Waals surface area contributed by atoms with Crippen LogP contribution in [0.5, 0.6) is 0 Å². The molecule has 1 heterocycles. The summed E-state index contributed by atoms with van der Waals surface area (Å²) >= 11 is 16.5. The lowest BCUT2D eigenvalue weighted by Crippen LogP contribution is -2.12. The molecule has 0 radical (unpaired) electrons. The van der Waals surface area contributed by atoms with Gasteiger partial charge in [-0.3, -0.25) is 4.79 Å². The monoisotopic (exact) mass is 238 g/mol. The molecule has 1 N–H and O–H groups in total. The highest BCUT2D eigenvalue weighted by Gasteiger charge is 2.02. The van der Waals surface area contributed by atoms with E-state index in [0.29, 0.717) is 5.69 Å². The summed E-state index contributed by atoms with van der Waals surface area (Å²) < 4.78 is 0. The number of nitrogens with one attached hydrogen (secondary N) is 1. The number of halogens is 3. The maximum atomic E-state index is 10.9. The second-order valence-corrected chi connectivity index (χ2v) is 3.22.